The van der Waals surface area contributed by atoms with Gasteiger partial charge in [0, 0.05) is 25.4 Å². The average molecular weight is 405 g/mol. The van der Waals surface area contributed by atoms with E-state index >= 15 is 0 Å². The van der Waals surface area contributed by atoms with Gasteiger partial charge in [0.25, 0.3) is 11.8 Å². The van der Waals surface area contributed by atoms with Crippen molar-refractivity contribution >= 4 is 17.5 Å². The van der Waals surface area contributed by atoms with Crippen LogP contribution in [0.25, 0.3) is 0 Å². The van der Waals surface area contributed by atoms with Crippen molar-refractivity contribution in [2.75, 3.05) is 44.8 Å². The van der Waals surface area contributed by atoms with Crippen molar-refractivity contribution in [1.29, 1.82) is 0 Å². The third-order valence-electron chi connectivity index (χ3n) is 5.63. The highest BCUT2D eigenvalue weighted by Gasteiger charge is 2.42. The summed E-state index contributed by atoms with van der Waals surface area (Å²) in [6, 6.07) is 7.11. The molecule has 1 aromatic rings. The van der Waals surface area contributed by atoms with Crippen LogP contribution < -0.4 is 10.1 Å². The summed E-state index contributed by atoms with van der Waals surface area (Å²) in [5.41, 5.74) is -0.0502. The summed E-state index contributed by atoms with van der Waals surface area (Å²) in [7, 11) is 0. The van der Waals surface area contributed by atoms with E-state index in [0.717, 1.165) is 25.7 Å². The molecule has 0 aromatic heterocycles. The van der Waals surface area contributed by atoms with Gasteiger partial charge in [0.15, 0.2) is 6.61 Å². The Labute approximate surface area is 172 Å². The molecule has 1 saturated carbocycles. The van der Waals surface area contributed by atoms with Gasteiger partial charge < -0.3 is 24.4 Å². The van der Waals surface area contributed by atoms with Crippen LogP contribution in [0.5, 0.6) is 5.75 Å². The highest BCUT2D eigenvalue weighted by molar-refractivity contribution is 5.97. The van der Waals surface area contributed by atoms with E-state index in [1.165, 1.54) is 0 Å². The van der Waals surface area contributed by atoms with Crippen LogP contribution in [0.3, 0.4) is 0 Å². The third kappa shape index (κ3) is 5.70. The molecule has 1 aromatic carbocycles. The van der Waals surface area contributed by atoms with Gasteiger partial charge in [-0.15, -0.1) is 0 Å². The number of carbonyl (C=O) groups excluding carboxylic acids is 2. The number of ether oxygens (including phenoxy) is 3. The van der Waals surface area contributed by atoms with Gasteiger partial charge >= 0.3 is 0 Å². The van der Waals surface area contributed by atoms with Crippen molar-refractivity contribution in [1.82, 2.24) is 4.90 Å². The van der Waals surface area contributed by atoms with Crippen molar-refractivity contribution in [2.45, 2.75) is 45.1 Å². The molecule has 2 fully saturated rings. The Morgan fingerprint density at radius 1 is 1.24 bits per heavy atom. The topological polar surface area (TPSA) is 77.1 Å². The first-order chi connectivity index (χ1) is 14.0. The molecule has 7 nitrogen and oxygen atoms in total. The Bertz CT molecular complexity index is 683. The quantitative estimate of drug-likeness (QED) is 0.756. The van der Waals surface area contributed by atoms with Crippen LogP contribution in [-0.4, -0.2) is 61.8 Å². The SMILES string of the molecule is CCO[C@]1(C(=O)Nc2ccc(OCC(=O)N3CCOCC3)cc2)CCC[C@@H](C)C1. The summed E-state index contributed by atoms with van der Waals surface area (Å²) in [5, 5.41) is 2.99. The number of hydrogen-bond acceptors (Lipinski definition) is 5. The molecule has 1 saturated heterocycles. The molecule has 0 spiro atoms. The van der Waals surface area contributed by atoms with Crippen molar-refractivity contribution in [3.05, 3.63) is 24.3 Å². The minimum absolute atomic E-state index is 0.00293. The van der Waals surface area contributed by atoms with Crippen LogP contribution in [-0.2, 0) is 19.1 Å². The second-order valence-corrected chi connectivity index (χ2v) is 7.89. The largest absolute Gasteiger partial charge is 0.484 e. The van der Waals surface area contributed by atoms with Crippen LogP contribution in [0, 0.1) is 5.92 Å². The van der Waals surface area contributed by atoms with E-state index < -0.39 is 5.60 Å². The zero-order valence-electron chi connectivity index (χ0n) is 17.4. The molecule has 0 bridgehead atoms. The molecule has 7 heteroatoms. The maximum absolute atomic E-state index is 13.0. The number of benzene rings is 1. The standard InChI is InChI=1S/C22H32N2O5/c1-3-29-22(10-4-5-17(2)15-22)21(26)23-18-6-8-19(9-7-18)28-16-20(25)24-11-13-27-14-12-24/h6-9,17H,3-5,10-16H2,1-2H3,(H,23,26)/t17-,22-/m1/s1. The Hall–Kier alpha value is -2.12. The van der Waals surface area contributed by atoms with Gasteiger partial charge in [-0.1, -0.05) is 13.3 Å². The molecule has 29 heavy (non-hydrogen) atoms. The zero-order chi connectivity index (χ0) is 20.7. The molecule has 1 N–H and O–H groups in total. The monoisotopic (exact) mass is 404 g/mol. The first kappa shape index (κ1) is 21.6. The van der Waals surface area contributed by atoms with Crippen molar-refractivity contribution in [3.8, 4) is 5.75 Å². The first-order valence-corrected chi connectivity index (χ1v) is 10.6. The van der Waals surface area contributed by atoms with Crippen molar-refractivity contribution in [3.63, 3.8) is 0 Å². The number of morpholine rings is 1. The molecule has 3 rings (SSSR count). The fraction of sp³-hybridized carbons (Fsp3) is 0.636. The van der Waals surface area contributed by atoms with Crippen molar-refractivity contribution in [2.24, 2.45) is 5.92 Å². The predicted molar refractivity (Wildman–Crippen MR) is 110 cm³/mol. The Morgan fingerprint density at radius 2 is 1.97 bits per heavy atom. The molecule has 0 unspecified atom stereocenters. The fourth-order valence-electron chi connectivity index (χ4n) is 4.11. The lowest BCUT2D eigenvalue weighted by Crippen LogP contribution is -2.48. The highest BCUT2D eigenvalue weighted by Crippen LogP contribution is 2.36. The van der Waals surface area contributed by atoms with E-state index in [-0.39, 0.29) is 18.4 Å². The number of rotatable bonds is 7. The molecule has 2 aliphatic rings. The lowest BCUT2D eigenvalue weighted by molar-refractivity contribution is -0.147. The molecular weight excluding hydrogens is 372 g/mol. The van der Waals surface area contributed by atoms with Crippen molar-refractivity contribution < 1.29 is 23.8 Å². The van der Waals surface area contributed by atoms with Gasteiger partial charge in [-0.3, -0.25) is 9.59 Å². The second kappa shape index (κ2) is 10.1. The van der Waals surface area contributed by atoms with Crippen LogP contribution in [0.15, 0.2) is 24.3 Å². The first-order valence-electron chi connectivity index (χ1n) is 10.6. The molecule has 1 heterocycles. The number of amides is 2. The molecule has 1 aliphatic heterocycles. The fourth-order valence-corrected chi connectivity index (χ4v) is 4.11. The predicted octanol–water partition coefficient (Wildman–Crippen LogP) is 2.85. The molecular formula is C22H32N2O5. The van der Waals surface area contributed by atoms with Gasteiger partial charge in [-0.25, -0.2) is 0 Å². The minimum Gasteiger partial charge on any atom is -0.484 e. The highest BCUT2D eigenvalue weighted by atomic mass is 16.5. The summed E-state index contributed by atoms with van der Waals surface area (Å²) in [4.78, 5) is 26.9. The van der Waals surface area contributed by atoms with E-state index in [2.05, 4.69) is 12.2 Å². The maximum atomic E-state index is 13.0. The molecule has 0 radical (unpaired) electrons. The summed E-state index contributed by atoms with van der Waals surface area (Å²) in [5.74, 6) is 0.939. The van der Waals surface area contributed by atoms with Crippen LogP contribution in [0.2, 0.25) is 0 Å². The van der Waals surface area contributed by atoms with E-state index in [4.69, 9.17) is 14.2 Å². The van der Waals surface area contributed by atoms with Gasteiger partial charge in [0.2, 0.25) is 0 Å². The van der Waals surface area contributed by atoms with Gasteiger partial charge in [-0.05, 0) is 56.4 Å². The maximum Gasteiger partial charge on any atom is 0.260 e. The molecule has 2 atom stereocenters. The molecule has 1 aliphatic carbocycles. The minimum atomic E-state index is -0.744. The van der Waals surface area contributed by atoms with E-state index in [1.807, 2.05) is 6.92 Å². The Kier molecular flexibility index (Phi) is 7.50. The van der Waals surface area contributed by atoms with Crippen LogP contribution in [0.4, 0.5) is 5.69 Å². The Morgan fingerprint density at radius 3 is 2.62 bits per heavy atom. The average Bonchev–Trinajstić information content (AvgIpc) is 2.74. The molecule has 160 valence electrons. The van der Waals surface area contributed by atoms with E-state index in [0.29, 0.717) is 50.3 Å². The van der Waals surface area contributed by atoms with Gasteiger partial charge in [0.1, 0.15) is 11.4 Å². The van der Waals surface area contributed by atoms with Crippen LogP contribution in [0.1, 0.15) is 39.5 Å². The summed E-state index contributed by atoms with van der Waals surface area (Å²) < 4.78 is 16.8. The second-order valence-electron chi connectivity index (χ2n) is 7.89. The van der Waals surface area contributed by atoms with Gasteiger partial charge in [0.05, 0.1) is 13.2 Å². The number of nitrogens with one attached hydrogen (secondary N) is 1. The number of hydrogen-bond donors (Lipinski definition) is 1. The smallest absolute Gasteiger partial charge is 0.260 e. The summed E-state index contributed by atoms with van der Waals surface area (Å²) in [6.45, 7) is 6.97. The number of anilines is 1. The number of carbonyl (C=O) groups is 2. The number of nitrogens with zero attached hydrogens (tertiary/aromatic N) is 1. The summed E-state index contributed by atoms with van der Waals surface area (Å²) >= 11 is 0. The lowest BCUT2D eigenvalue weighted by atomic mass is 9.78. The van der Waals surface area contributed by atoms with E-state index in [1.54, 1.807) is 29.2 Å². The van der Waals surface area contributed by atoms with Crippen LogP contribution >= 0.6 is 0 Å². The van der Waals surface area contributed by atoms with Gasteiger partial charge in [-0.2, -0.15) is 0 Å². The zero-order valence-corrected chi connectivity index (χ0v) is 17.4. The normalized spacial score (nSPS) is 24.8. The van der Waals surface area contributed by atoms with E-state index in [9.17, 15) is 9.59 Å². The Balaban J connectivity index is 1.54. The third-order valence-corrected chi connectivity index (χ3v) is 5.63. The lowest BCUT2D eigenvalue weighted by Gasteiger charge is -2.38. The molecule has 2 amide bonds. The summed E-state index contributed by atoms with van der Waals surface area (Å²) in [6.07, 6.45) is 3.63.